The zero-order valence-electron chi connectivity index (χ0n) is 11.4. The Labute approximate surface area is 118 Å². The Kier molecular flexibility index (Phi) is 4.15. The van der Waals surface area contributed by atoms with Crippen LogP contribution >= 0.6 is 11.6 Å². The number of hydrogen-bond donors (Lipinski definition) is 1. The van der Waals surface area contributed by atoms with E-state index in [1.807, 2.05) is 13.0 Å². The lowest BCUT2D eigenvalue weighted by Crippen LogP contribution is -2.20. The number of carbonyl (C=O) groups is 1. The van der Waals surface area contributed by atoms with Crippen molar-refractivity contribution in [2.24, 2.45) is 0 Å². The number of fused-ring (bicyclic) bond motifs is 1. The van der Waals surface area contributed by atoms with Gasteiger partial charge in [0.05, 0.1) is 16.8 Å². The molecule has 19 heavy (non-hydrogen) atoms. The monoisotopic (exact) mass is 279 g/mol. The van der Waals surface area contributed by atoms with Gasteiger partial charge in [-0.25, -0.2) is 0 Å². The van der Waals surface area contributed by atoms with E-state index in [1.165, 1.54) is 12.5 Å². The zero-order valence-corrected chi connectivity index (χ0v) is 12.2. The summed E-state index contributed by atoms with van der Waals surface area (Å²) in [6, 6.07) is 3.62. The fourth-order valence-electron chi connectivity index (χ4n) is 2.38. The molecule has 1 aromatic carbocycles. The fraction of sp³-hybridized carbons (Fsp3) is 0.400. The van der Waals surface area contributed by atoms with Crippen LogP contribution in [0, 0.1) is 0 Å². The maximum atomic E-state index is 11.4. The number of anilines is 1. The molecule has 0 spiro atoms. The van der Waals surface area contributed by atoms with Crippen molar-refractivity contribution in [1.82, 2.24) is 0 Å². The second-order valence-electron chi connectivity index (χ2n) is 4.75. The molecule has 0 aliphatic carbocycles. The highest BCUT2D eigenvalue weighted by Gasteiger charge is 2.25. The quantitative estimate of drug-likeness (QED) is 0.878. The number of ether oxygens (including phenoxy) is 1. The fourth-order valence-corrected chi connectivity index (χ4v) is 2.58. The number of hydrogen-bond acceptors (Lipinski definition) is 2. The van der Waals surface area contributed by atoms with Crippen LogP contribution in [0.25, 0.3) is 5.57 Å². The van der Waals surface area contributed by atoms with Crippen LogP contribution in [0.4, 0.5) is 5.69 Å². The van der Waals surface area contributed by atoms with Gasteiger partial charge in [0.15, 0.2) is 0 Å². The smallest absolute Gasteiger partial charge is 0.221 e. The molecule has 4 heteroatoms. The minimum Gasteiger partial charge on any atom is -0.490 e. The molecule has 1 amide bonds. The molecule has 0 fully saturated rings. The summed E-state index contributed by atoms with van der Waals surface area (Å²) in [7, 11) is 0. The van der Waals surface area contributed by atoms with Gasteiger partial charge in [-0.2, -0.15) is 0 Å². The largest absolute Gasteiger partial charge is 0.490 e. The SMILES string of the molecule is CC/C=C1\CC(C)Oc2ccc(Cl)c(NC(C)=O)c21. The highest BCUT2D eigenvalue weighted by Crippen LogP contribution is 2.43. The van der Waals surface area contributed by atoms with Crippen LogP contribution < -0.4 is 10.1 Å². The molecule has 0 saturated carbocycles. The lowest BCUT2D eigenvalue weighted by molar-refractivity contribution is -0.114. The third-order valence-corrected chi connectivity index (χ3v) is 3.34. The predicted octanol–water partition coefficient (Wildman–Crippen LogP) is 4.26. The Bertz CT molecular complexity index is 537. The van der Waals surface area contributed by atoms with Crippen LogP contribution in [-0.2, 0) is 4.79 Å². The number of nitrogens with one attached hydrogen (secondary N) is 1. The van der Waals surface area contributed by atoms with Gasteiger partial charge in [0.1, 0.15) is 5.75 Å². The van der Waals surface area contributed by atoms with Crippen molar-refractivity contribution in [2.45, 2.75) is 39.7 Å². The average molecular weight is 280 g/mol. The highest BCUT2D eigenvalue weighted by atomic mass is 35.5. The van der Waals surface area contributed by atoms with Crippen LogP contribution in [-0.4, -0.2) is 12.0 Å². The Morgan fingerprint density at radius 3 is 2.95 bits per heavy atom. The molecule has 0 aromatic heterocycles. The molecule has 1 aromatic rings. The third kappa shape index (κ3) is 2.92. The van der Waals surface area contributed by atoms with Crippen LogP contribution in [0.2, 0.25) is 5.02 Å². The molecule has 1 heterocycles. The van der Waals surface area contributed by atoms with Gasteiger partial charge in [-0.15, -0.1) is 0 Å². The number of benzene rings is 1. The van der Waals surface area contributed by atoms with Crippen molar-refractivity contribution >= 4 is 28.8 Å². The van der Waals surface area contributed by atoms with E-state index in [2.05, 4.69) is 18.3 Å². The standard InChI is InChI=1S/C15H18ClNO2/c1-4-5-11-8-9(2)19-13-7-6-12(16)15(14(11)13)17-10(3)18/h5-7,9H,4,8H2,1-3H3,(H,17,18)/b11-5+. The minimum absolute atomic E-state index is 0.134. The molecule has 0 bridgehead atoms. The van der Waals surface area contributed by atoms with Gasteiger partial charge >= 0.3 is 0 Å². The molecule has 2 rings (SSSR count). The molecule has 102 valence electrons. The second kappa shape index (κ2) is 5.66. The molecule has 0 saturated heterocycles. The number of amides is 1. The summed E-state index contributed by atoms with van der Waals surface area (Å²) in [5, 5.41) is 3.35. The first-order chi connectivity index (χ1) is 9.02. The van der Waals surface area contributed by atoms with Crippen molar-refractivity contribution in [1.29, 1.82) is 0 Å². The predicted molar refractivity (Wildman–Crippen MR) is 78.7 cm³/mol. The van der Waals surface area contributed by atoms with Gasteiger partial charge in [-0.05, 0) is 31.1 Å². The summed E-state index contributed by atoms with van der Waals surface area (Å²) in [6.07, 6.45) is 4.07. The van der Waals surface area contributed by atoms with Crippen molar-refractivity contribution in [3.63, 3.8) is 0 Å². The number of allylic oxidation sites excluding steroid dienone is 1. The molecule has 3 nitrogen and oxygen atoms in total. The van der Waals surface area contributed by atoms with Gasteiger partial charge in [0, 0.05) is 18.9 Å². The number of rotatable bonds is 2. The second-order valence-corrected chi connectivity index (χ2v) is 5.15. The van der Waals surface area contributed by atoms with E-state index in [9.17, 15) is 4.79 Å². The number of carbonyl (C=O) groups excluding carboxylic acids is 1. The van der Waals surface area contributed by atoms with E-state index in [4.69, 9.17) is 16.3 Å². The lowest BCUT2D eigenvalue weighted by atomic mass is 9.94. The normalized spacial score (nSPS) is 19.8. The van der Waals surface area contributed by atoms with Crippen molar-refractivity contribution in [2.75, 3.05) is 5.32 Å². The van der Waals surface area contributed by atoms with Crippen LogP contribution in [0.1, 0.15) is 39.2 Å². The Balaban J connectivity index is 2.59. The van der Waals surface area contributed by atoms with E-state index in [-0.39, 0.29) is 12.0 Å². The number of halogens is 1. The first-order valence-electron chi connectivity index (χ1n) is 6.49. The van der Waals surface area contributed by atoms with Gasteiger partial charge in [0.2, 0.25) is 5.91 Å². The summed E-state index contributed by atoms with van der Waals surface area (Å²) in [4.78, 5) is 11.4. The summed E-state index contributed by atoms with van der Waals surface area (Å²) >= 11 is 6.21. The highest BCUT2D eigenvalue weighted by molar-refractivity contribution is 6.34. The van der Waals surface area contributed by atoms with Gasteiger partial charge in [-0.3, -0.25) is 4.79 Å². The summed E-state index contributed by atoms with van der Waals surface area (Å²) in [6.45, 7) is 5.61. The molecule has 1 unspecified atom stereocenters. The van der Waals surface area contributed by atoms with Crippen LogP contribution in [0.15, 0.2) is 18.2 Å². The molecular weight excluding hydrogens is 262 g/mol. The lowest BCUT2D eigenvalue weighted by Gasteiger charge is -2.28. The van der Waals surface area contributed by atoms with E-state index < -0.39 is 0 Å². The molecule has 1 atom stereocenters. The van der Waals surface area contributed by atoms with Gasteiger partial charge in [-0.1, -0.05) is 24.6 Å². The summed E-state index contributed by atoms with van der Waals surface area (Å²) < 4.78 is 5.83. The Hall–Kier alpha value is -1.48. The molecule has 1 N–H and O–H groups in total. The van der Waals surface area contributed by atoms with Gasteiger partial charge < -0.3 is 10.1 Å². The third-order valence-electron chi connectivity index (χ3n) is 3.02. The van der Waals surface area contributed by atoms with Crippen molar-refractivity contribution in [3.05, 3.63) is 28.8 Å². The zero-order chi connectivity index (χ0) is 14.0. The van der Waals surface area contributed by atoms with Crippen LogP contribution in [0.5, 0.6) is 5.75 Å². The molecule has 0 radical (unpaired) electrons. The maximum absolute atomic E-state index is 11.4. The summed E-state index contributed by atoms with van der Waals surface area (Å²) in [5.74, 6) is 0.649. The summed E-state index contributed by atoms with van der Waals surface area (Å²) in [5.41, 5.74) is 2.75. The maximum Gasteiger partial charge on any atom is 0.221 e. The Morgan fingerprint density at radius 2 is 2.32 bits per heavy atom. The average Bonchev–Trinajstić information content (AvgIpc) is 2.32. The van der Waals surface area contributed by atoms with Crippen LogP contribution in [0.3, 0.4) is 0 Å². The van der Waals surface area contributed by atoms with Gasteiger partial charge in [0.25, 0.3) is 0 Å². The van der Waals surface area contributed by atoms with E-state index >= 15 is 0 Å². The minimum atomic E-state index is -0.134. The first-order valence-corrected chi connectivity index (χ1v) is 6.86. The van der Waals surface area contributed by atoms with Crippen molar-refractivity contribution < 1.29 is 9.53 Å². The molecule has 1 aliphatic heterocycles. The van der Waals surface area contributed by atoms with E-state index in [0.29, 0.717) is 10.7 Å². The Morgan fingerprint density at radius 1 is 1.58 bits per heavy atom. The molecule has 1 aliphatic rings. The molecular formula is C15H18ClNO2. The van der Waals surface area contributed by atoms with E-state index in [0.717, 1.165) is 24.2 Å². The topological polar surface area (TPSA) is 38.3 Å². The van der Waals surface area contributed by atoms with Crippen molar-refractivity contribution in [3.8, 4) is 5.75 Å². The first kappa shape index (κ1) is 13.9. The van der Waals surface area contributed by atoms with E-state index in [1.54, 1.807) is 6.07 Å².